The normalized spacial score (nSPS) is 13.3. The van der Waals surface area contributed by atoms with Crippen LogP contribution in [0.25, 0.3) is 0 Å². The molecule has 316 valence electrons. The van der Waals surface area contributed by atoms with Gasteiger partial charge in [-0.1, -0.05) is 271 Å². The van der Waals surface area contributed by atoms with Crippen molar-refractivity contribution < 1.29 is 0 Å². The standard InChI is InChI=1S/C51H102N2/c1-4-7-10-13-16-19-22-25-26-27-28-31-34-37-40-43-46-51-52(47-44-41-38-35-32-29-23-20-17-14-11-8-5-2)49-50-53(51)48-45-42-39-36-33-30-24-21-18-15-12-9-6-3/h49-51H,4-48H2,1-3H3. The molecule has 0 saturated heterocycles. The first kappa shape index (κ1) is 50.4. The molecule has 0 atom stereocenters. The Morgan fingerprint density at radius 3 is 0.660 bits per heavy atom. The van der Waals surface area contributed by atoms with Crippen molar-refractivity contribution >= 4 is 0 Å². The van der Waals surface area contributed by atoms with Crippen molar-refractivity contribution in [3.8, 4) is 0 Å². The summed E-state index contributed by atoms with van der Waals surface area (Å²) in [5, 5.41) is 0. The predicted molar refractivity (Wildman–Crippen MR) is 242 cm³/mol. The van der Waals surface area contributed by atoms with Crippen LogP contribution in [-0.2, 0) is 0 Å². The molecule has 0 spiro atoms. The van der Waals surface area contributed by atoms with E-state index in [1.165, 1.54) is 289 Å². The summed E-state index contributed by atoms with van der Waals surface area (Å²) in [6, 6.07) is 0. The highest BCUT2D eigenvalue weighted by atomic mass is 15.4. The first-order valence-electron chi connectivity index (χ1n) is 25.5. The Bertz CT molecular complexity index is 662. The molecule has 1 rings (SSSR count). The van der Waals surface area contributed by atoms with Gasteiger partial charge in [0.2, 0.25) is 0 Å². The van der Waals surface area contributed by atoms with Crippen LogP contribution in [0, 0.1) is 0 Å². The third kappa shape index (κ3) is 34.3. The molecule has 0 aromatic rings. The average molecular weight is 743 g/mol. The van der Waals surface area contributed by atoms with E-state index < -0.39 is 0 Å². The fourth-order valence-electron chi connectivity index (χ4n) is 8.84. The van der Waals surface area contributed by atoms with Crippen LogP contribution in [0.1, 0.15) is 297 Å². The Balaban J connectivity index is 2.20. The minimum absolute atomic E-state index is 0.635. The molecular weight excluding hydrogens is 641 g/mol. The quantitative estimate of drug-likeness (QED) is 0.0573. The SMILES string of the molecule is CCCCCCCCCCCCCCCCCCC1N(CCCCCCCCCCCCCCC)C=CN1CCCCCCCCCCCCCCC. The lowest BCUT2D eigenvalue weighted by molar-refractivity contribution is 0.135. The predicted octanol–water partition coefficient (Wildman–Crippen LogP) is 18.2. The summed E-state index contributed by atoms with van der Waals surface area (Å²) in [6.07, 6.45) is 67.9. The van der Waals surface area contributed by atoms with E-state index in [4.69, 9.17) is 0 Å². The van der Waals surface area contributed by atoms with Crippen molar-refractivity contribution in [2.24, 2.45) is 0 Å². The lowest BCUT2D eigenvalue weighted by Crippen LogP contribution is -2.39. The molecule has 0 N–H and O–H groups in total. The smallest absolute Gasteiger partial charge is 0.101 e. The van der Waals surface area contributed by atoms with Gasteiger partial charge in [-0.25, -0.2) is 0 Å². The van der Waals surface area contributed by atoms with E-state index in [-0.39, 0.29) is 0 Å². The molecule has 0 aromatic carbocycles. The van der Waals surface area contributed by atoms with Crippen LogP contribution in [0.15, 0.2) is 12.4 Å². The number of hydrogen-bond donors (Lipinski definition) is 0. The maximum Gasteiger partial charge on any atom is 0.101 e. The molecule has 1 aliphatic rings. The van der Waals surface area contributed by atoms with Crippen LogP contribution < -0.4 is 0 Å². The Hall–Kier alpha value is -0.660. The molecule has 0 aromatic heterocycles. The van der Waals surface area contributed by atoms with Crippen molar-refractivity contribution in [3.05, 3.63) is 12.4 Å². The molecule has 0 bridgehead atoms. The maximum absolute atomic E-state index is 2.74. The molecule has 0 radical (unpaired) electrons. The van der Waals surface area contributed by atoms with E-state index in [0.29, 0.717) is 6.17 Å². The number of unbranched alkanes of at least 4 members (excludes halogenated alkanes) is 39. The van der Waals surface area contributed by atoms with Gasteiger partial charge in [0.05, 0.1) is 0 Å². The van der Waals surface area contributed by atoms with Crippen LogP contribution in [0.2, 0.25) is 0 Å². The van der Waals surface area contributed by atoms with E-state index in [9.17, 15) is 0 Å². The fraction of sp³-hybridized carbons (Fsp3) is 0.961. The van der Waals surface area contributed by atoms with Crippen LogP contribution >= 0.6 is 0 Å². The largest absolute Gasteiger partial charge is 0.356 e. The minimum Gasteiger partial charge on any atom is -0.356 e. The summed E-state index contributed by atoms with van der Waals surface area (Å²) in [5.74, 6) is 0. The number of nitrogens with zero attached hydrogens (tertiary/aromatic N) is 2. The van der Waals surface area contributed by atoms with Crippen LogP contribution in [0.3, 0.4) is 0 Å². The van der Waals surface area contributed by atoms with Gasteiger partial charge in [0.15, 0.2) is 0 Å². The molecule has 0 unspecified atom stereocenters. The molecule has 0 aliphatic carbocycles. The van der Waals surface area contributed by atoms with E-state index >= 15 is 0 Å². The van der Waals surface area contributed by atoms with Gasteiger partial charge in [0.25, 0.3) is 0 Å². The molecule has 0 saturated carbocycles. The Morgan fingerprint density at radius 2 is 0.434 bits per heavy atom. The van der Waals surface area contributed by atoms with Gasteiger partial charge >= 0.3 is 0 Å². The van der Waals surface area contributed by atoms with E-state index in [0.717, 1.165) is 0 Å². The van der Waals surface area contributed by atoms with Gasteiger partial charge in [-0.3, -0.25) is 0 Å². The third-order valence-corrected chi connectivity index (χ3v) is 12.6. The summed E-state index contributed by atoms with van der Waals surface area (Å²) < 4.78 is 0. The molecule has 1 heterocycles. The minimum atomic E-state index is 0.635. The van der Waals surface area contributed by atoms with Gasteiger partial charge in [-0.15, -0.1) is 0 Å². The summed E-state index contributed by atoms with van der Waals surface area (Å²) in [7, 11) is 0. The summed E-state index contributed by atoms with van der Waals surface area (Å²) >= 11 is 0. The van der Waals surface area contributed by atoms with Gasteiger partial charge in [-0.05, 0) is 25.7 Å². The van der Waals surface area contributed by atoms with E-state index in [1.807, 2.05) is 0 Å². The number of rotatable bonds is 45. The average Bonchev–Trinajstić information content (AvgIpc) is 3.55. The zero-order valence-electron chi connectivity index (χ0n) is 37.4. The van der Waals surface area contributed by atoms with Crippen molar-refractivity contribution in [2.75, 3.05) is 13.1 Å². The van der Waals surface area contributed by atoms with Crippen LogP contribution in [-0.4, -0.2) is 29.1 Å². The van der Waals surface area contributed by atoms with Crippen molar-refractivity contribution in [1.82, 2.24) is 9.80 Å². The Morgan fingerprint density at radius 1 is 0.245 bits per heavy atom. The zero-order valence-corrected chi connectivity index (χ0v) is 37.4. The van der Waals surface area contributed by atoms with Crippen molar-refractivity contribution in [1.29, 1.82) is 0 Å². The van der Waals surface area contributed by atoms with Gasteiger partial charge < -0.3 is 9.80 Å². The monoisotopic (exact) mass is 743 g/mol. The molecule has 2 heteroatoms. The summed E-state index contributed by atoms with van der Waals surface area (Å²) in [6.45, 7) is 9.49. The summed E-state index contributed by atoms with van der Waals surface area (Å²) in [5.41, 5.74) is 0. The molecule has 1 aliphatic heterocycles. The maximum atomic E-state index is 2.74. The highest BCUT2D eigenvalue weighted by Gasteiger charge is 2.25. The zero-order chi connectivity index (χ0) is 38.0. The van der Waals surface area contributed by atoms with Gasteiger partial charge in [-0.2, -0.15) is 0 Å². The highest BCUT2D eigenvalue weighted by molar-refractivity contribution is 4.97. The lowest BCUT2D eigenvalue weighted by atomic mass is 10.0. The molecule has 53 heavy (non-hydrogen) atoms. The molecule has 0 amide bonds. The van der Waals surface area contributed by atoms with E-state index in [1.54, 1.807) is 0 Å². The van der Waals surface area contributed by atoms with Gasteiger partial charge in [0, 0.05) is 25.5 Å². The first-order valence-corrected chi connectivity index (χ1v) is 25.5. The third-order valence-electron chi connectivity index (χ3n) is 12.6. The second-order valence-electron chi connectivity index (χ2n) is 17.8. The van der Waals surface area contributed by atoms with Crippen molar-refractivity contribution in [3.63, 3.8) is 0 Å². The van der Waals surface area contributed by atoms with Crippen LogP contribution in [0.4, 0.5) is 0 Å². The topological polar surface area (TPSA) is 6.48 Å². The number of hydrogen-bond acceptors (Lipinski definition) is 2. The van der Waals surface area contributed by atoms with Gasteiger partial charge in [0.1, 0.15) is 6.17 Å². The second kappa shape index (κ2) is 42.5. The summed E-state index contributed by atoms with van der Waals surface area (Å²) in [4.78, 5) is 5.48. The molecular formula is C51H102N2. The lowest BCUT2D eigenvalue weighted by Gasteiger charge is -2.33. The fourth-order valence-corrected chi connectivity index (χ4v) is 8.84. The second-order valence-corrected chi connectivity index (χ2v) is 17.8. The van der Waals surface area contributed by atoms with Crippen molar-refractivity contribution in [2.45, 2.75) is 303 Å². The Kier molecular flexibility index (Phi) is 40.4. The van der Waals surface area contributed by atoms with Crippen LogP contribution in [0.5, 0.6) is 0 Å². The molecule has 0 fully saturated rings. The first-order chi connectivity index (χ1) is 26.3. The Labute approximate surface area is 337 Å². The molecule has 2 nitrogen and oxygen atoms in total. The van der Waals surface area contributed by atoms with E-state index in [2.05, 4.69) is 43.0 Å². The highest BCUT2D eigenvalue weighted by Crippen LogP contribution is 2.24.